The van der Waals surface area contributed by atoms with Gasteiger partial charge in [0.25, 0.3) is 10.0 Å². The molecule has 0 fully saturated rings. The van der Waals surface area contributed by atoms with Gasteiger partial charge in [-0.15, -0.1) is 11.3 Å². The highest BCUT2D eigenvalue weighted by molar-refractivity contribution is 7.97. The van der Waals surface area contributed by atoms with Crippen molar-refractivity contribution >= 4 is 38.5 Å². The molecule has 3 aromatic rings. The van der Waals surface area contributed by atoms with Crippen molar-refractivity contribution in [1.29, 1.82) is 0 Å². The van der Waals surface area contributed by atoms with Crippen LogP contribution in [0.4, 0.5) is 15.8 Å². The fourth-order valence-corrected chi connectivity index (χ4v) is 5.78. The number of allylic oxidation sites excluding steroid dienone is 1. The van der Waals surface area contributed by atoms with Gasteiger partial charge in [-0.1, -0.05) is 24.3 Å². The molecule has 0 amide bonds. The summed E-state index contributed by atoms with van der Waals surface area (Å²) < 4.78 is 41.5. The number of ketones is 1. The molecule has 1 aliphatic rings. The zero-order valence-corrected chi connectivity index (χ0v) is 18.0. The summed E-state index contributed by atoms with van der Waals surface area (Å²) >= 11 is 1.18. The lowest BCUT2D eigenvalue weighted by molar-refractivity contribution is 0.104. The molecule has 2 heterocycles. The fourth-order valence-electron chi connectivity index (χ4n) is 3.29. The van der Waals surface area contributed by atoms with Crippen LogP contribution in [0.3, 0.4) is 0 Å². The van der Waals surface area contributed by atoms with Crippen molar-refractivity contribution in [2.24, 2.45) is 0 Å². The number of fused-ring (bicyclic) bond motifs is 1. The van der Waals surface area contributed by atoms with E-state index in [2.05, 4.69) is 5.32 Å². The predicted octanol–water partition coefficient (Wildman–Crippen LogP) is 4.99. The lowest BCUT2D eigenvalue weighted by Gasteiger charge is -2.29. The normalized spacial score (nSPS) is 16.6. The molecule has 0 saturated carbocycles. The average molecular weight is 443 g/mol. The topological polar surface area (TPSA) is 66.5 Å². The number of Topliss-reactive ketones (excluding diaryl/α,β-unsaturated/α-hetero) is 1. The van der Waals surface area contributed by atoms with Crippen molar-refractivity contribution in [2.75, 3.05) is 9.62 Å². The van der Waals surface area contributed by atoms with Gasteiger partial charge in [0, 0.05) is 11.9 Å². The number of rotatable bonds is 4. The molecule has 0 unspecified atom stereocenters. The summed E-state index contributed by atoms with van der Waals surface area (Å²) in [6, 6.07) is 13.1. The predicted molar refractivity (Wildman–Crippen MR) is 118 cm³/mol. The minimum absolute atomic E-state index is 0.0715. The Morgan fingerprint density at radius 1 is 1.13 bits per heavy atom. The van der Waals surface area contributed by atoms with Gasteiger partial charge in [-0.25, -0.2) is 12.8 Å². The smallest absolute Gasteiger partial charge is 0.270 e. The summed E-state index contributed by atoms with van der Waals surface area (Å²) in [4.78, 5) is 13.0. The van der Waals surface area contributed by atoms with E-state index in [-0.39, 0.29) is 11.4 Å². The van der Waals surface area contributed by atoms with E-state index in [1.54, 1.807) is 17.5 Å². The van der Waals surface area contributed by atoms with Crippen LogP contribution in [0.25, 0.3) is 0 Å². The number of thiophene rings is 1. The first kappa shape index (κ1) is 20.3. The van der Waals surface area contributed by atoms with Gasteiger partial charge in [-0.2, -0.15) is 0 Å². The number of carbonyl (C=O) groups excluding carboxylic acids is 1. The number of halogens is 1. The number of hydrogen-bond donors (Lipinski definition) is 1. The van der Waals surface area contributed by atoms with Gasteiger partial charge in [-0.3, -0.25) is 9.10 Å². The van der Waals surface area contributed by atoms with Crippen molar-refractivity contribution in [2.45, 2.75) is 20.4 Å². The molecule has 0 bridgehead atoms. The second-order valence-corrected chi connectivity index (χ2v) is 9.82. The number of hydrogen-bond acceptors (Lipinski definition) is 5. The van der Waals surface area contributed by atoms with Gasteiger partial charge in [0.1, 0.15) is 10.7 Å². The molecule has 1 N–H and O–H groups in total. The van der Waals surface area contributed by atoms with Crippen LogP contribution in [0.2, 0.25) is 0 Å². The second-order valence-electron chi connectivity index (χ2n) is 7.08. The molecular formula is C22H19FN2O3S2. The van der Waals surface area contributed by atoms with Crippen LogP contribution in [0.5, 0.6) is 0 Å². The highest BCUT2D eigenvalue weighted by atomic mass is 32.2. The third kappa shape index (κ3) is 3.64. The molecule has 30 heavy (non-hydrogen) atoms. The van der Waals surface area contributed by atoms with Crippen LogP contribution in [0, 0.1) is 19.7 Å². The Morgan fingerprint density at radius 2 is 1.93 bits per heavy atom. The molecule has 154 valence electrons. The van der Waals surface area contributed by atoms with E-state index in [1.165, 1.54) is 35.7 Å². The number of aryl methyl sites for hydroxylation is 2. The molecular weight excluding hydrogens is 423 g/mol. The molecule has 2 aromatic carbocycles. The van der Waals surface area contributed by atoms with Gasteiger partial charge >= 0.3 is 0 Å². The minimum atomic E-state index is -4.13. The lowest BCUT2D eigenvalue weighted by atomic mass is 10.1. The second kappa shape index (κ2) is 7.70. The minimum Gasteiger partial charge on any atom is -0.360 e. The molecule has 1 aromatic heterocycles. The Labute approximate surface area is 178 Å². The van der Waals surface area contributed by atoms with Gasteiger partial charge in [0.2, 0.25) is 5.78 Å². The Balaban J connectivity index is 1.77. The Kier molecular flexibility index (Phi) is 5.21. The molecule has 1 aliphatic heterocycles. The molecule has 0 radical (unpaired) electrons. The van der Waals surface area contributed by atoms with Crippen molar-refractivity contribution < 1.29 is 17.6 Å². The SMILES string of the molecule is Cc1ccc(C)c(NC=C2C(=O)c3sccc3N(Cc3cccc(F)c3)S2(=O)=O)c1. The zero-order valence-electron chi connectivity index (χ0n) is 16.3. The first-order chi connectivity index (χ1) is 14.3. The Hall–Kier alpha value is -2.97. The van der Waals surface area contributed by atoms with E-state index in [9.17, 15) is 17.6 Å². The van der Waals surface area contributed by atoms with Crippen molar-refractivity contribution in [1.82, 2.24) is 0 Å². The van der Waals surface area contributed by atoms with Gasteiger partial charge in [-0.05, 0) is 60.2 Å². The first-order valence-electron chi connectivity index (χ1n) is 9.21. The maximum Gasteiger partial charge on any atom is 0.270 e. The number of anilines is 2. The lowest BCUT2D eigenvalue weighted by Crippen LogP contribution is -2.38. The number of nitrogens with zero attached hydrogens (tertiary/aromatic N) is 1. The van der Waals surface area contributed by atoms with Crippen molar-refractivity contribution in [3.8, 4) is 0 Å². The zero-order chi connectivity index (χ0) is 21.5. The average Bonchev–Trinajstić information content (AvgIpc) is 3.17. The van der Waals surface area contributed by atoms with E-state index in [1.807, 2.05) is 32.0 Å². The highest BCUT2D eigenvalue weighted by Crippen LogP contribution is 2.39. The molecule has 8 heteroatoms. The van der Waals surface area contributed by atoms with Crippen LogP contribution >= 0.6 is 11.3 Å². The molecule has 0 saturated heterocycles. The number of sulfonamides is 1. The maximum absolute atomic E-state index is 13.6. The van der Waals surface area contributed by atoms with Crippen molar-refractivity contribution in [3.05, 3.63) is 92.4 Å². The molecule has 4 rings (SSSR count). The van der Waals surface area contributed by atoms with E-state index in [0.717, 1.165) is 21.1 Å². The molecule has 0 aliphatic carbocycles. The maximum atomic E-state index is 13.6. The monoisotopic (exact) mass is 442 g/mol. The van der Waals surface area contributed by atoms with Crippen LogP contribution in [-0.2, 0) is 16.6 Å². The highest BCUT2D eigenvalue weighted by Gasteiger charge is 2.41. The number of benzene rings is 2. The Bertz CT molecular complexity index is 1280. The summed E-state index contributed by atoms with van der Waals surface area (Å²) in [6.45, 7) is 3.75. The Morgan fingerprint density at radius 3 is 2.70 bits per heavy atom. The number of carbonyl (C=O) groups is 1. The van der Waals surface area contributed by atoms with E-state index in [0.29, 0.717) is 16.1 Å². The fraction of sp³-hybridized carbons (Fsp3) is 0.136. The van der Waals surface area contributed by atoms with Crippen LogP contribution in [-0.4, -0.2) is 14.2 Å². The molecule has 5 nitrogen and oxygen atoms in total. The van der Waals surface area contributed by atoms with E-state index in [4.69, 9.17) is 0 Å². The van der Waals surface area contributed by atoms with Gasteiger partial charge < -0.3 is 5.32 Å². The van der Waals surface area contributed by atoms with Crippen LogP contribution < -0.4 is 9.62 Å². The third-order valence-electron chi connectivity index (χ3n) is 4.88. The summed E-state index contributed by atoms with van der Waals surface area (Å²) in [5.74, 6) is -0.996. The number of nitrogens with one attached hydrogen (secondary N) is 1. The molecule has 0 spiro atoms. The molecule has 0 atom stereocenters. The summed E-state index contributed by atoms with van der Waals surface area (Å²) in [5, 5.41) is 4.66. The standard InChI is InChI=1S/C22H19FN2O3S2/c1-14-6-7-15(2)18(10-14)24-12-20-21(26)22-19(8-9-29-22)25(30(20,27)28)13-16-4-3-5-17(23)11-16/h3-12,24H,13H2,1-2H3. The van der Waals surface area contributed by atoms with Gasteiger partial charge in [0.15, 0.2) is 4.91 Å². The quantitative estimate of drug-likeness (QED) is 0.578. The van der Waals surface area contributed by atoms with Crippen LogP contribution in [0.15, 0.2) is 65.0 Å². The largest absolute Gasteiger partial charge is 0.360 e. The third-order valence-corrected chi connectivity index (χ3v) is 7.55. The van der Waals surface area contributed by atoms with Gasteiger partial charge in [0.05, 0.1) is 12.2 Å². The van der Waals surface area contributed by atoms with E-state index >= 15 is 0 Å². The summed E-state index contributed by atoms with van der Waals surface area (Å²) in [5.41, 5.74) is 3.46. The van der Waals surface area contributed by atoms with E-state index < -0.39 is 21.6 Å². The summed E-state index contributed by atoms with van der Waals surface area (Å²) in [7, 11) is -4.13. The van der Waals surface area contributed by atoms with Crippen molar-refractivity contribution in [3.63, 3.8) is 0 Å². The first-order valence-corrected chi connectivity index (χ1v) is 11.5. The summed E-state index contributed by atoms with van der Waals surface area (Å²) in [6.07, 6.45) is 1.25. The van der Waals surface area contributed by atoms with Crippen LogP contribution in [0.1, 0.15) is 26.4 Å².